The lowest BCUT2D eigenvalue weighted by molar-refractivity contribution is 0.0564. The first kappa shape index (κ1) is 22.6. The van der Waals surface area contributed by atoms with E-state index < -0.39 is 24.9 Å². The number of nitrogens with two attached hydrogens (primary N) is 1. The van der Waals surface area contributed by atoms with Crippen molar-refractivity contribution in [1.82, 2.24) is 0 Å². The van der Waals surface area contributed by atoms with Gasteiger partial charge in [-0.3, -0.25) is 0 Å². The van der Waals surface area contributed by atoms with Gasteiger partial charge in [-0.1, -0.05) is 83.3 Å². The van der Waals surface area contributed by atoms with Crippen molar-refractivity contribution in [2.45, 2.75) is 95.6 Å². The Labute approximate surface area is 142 Å². The Bertz CT molecular complexity index is 281. The molecular weight excluding hydrogens is 293 g/mol. The van der Waals surface area contributed by atoms with Gasteiger partial charge >= 0.3 is 0 Å². The summed E-state index contributed by atoms with van der Waals surface area (Å²) in [6, 6.07) is 0. The van der Waals surface area contributed by atoms with Gasteiger partial charge in [-0.15, -0.1) is 0 Å². The highest BCUT2D eigenvalue weighted by Crippen LogP contribution is 2.13. The molecule has 0 radical (unpaired) electrons. The molecule has 4 N–H and O–H groups in total. The molecule has 0 aromatic heterocycles. The van der Waals surface area contributed by atoms with Gasteiger partial charge in [0.25, 0.3) is 0 Å². The summed E-state index contributed by atoms with van der Waals surface area (Å²) in [5.74, 6) is 0. The largest absolute Gasteiger partial charge is 0.394 e. The number of allylic oxidation sites excluding steroid dienone is 1. The SMILES string of the molecule is CCCCCCCCCCCCCC=CC(O)C(N)(CO)CF. The van der Waals surface area contributed by atoms with Gasteiger partial charge < -0.3 is 15.9 Å². The van der Waals surface area contributed by atoms with Crippen LogP contribution in [0.4, 0.5) is 4.39 Å². The highest BCUT2D eigenvalue weighted by Gasteiger charge is 2.31. The maximum absolute atomic E-state index is 12.7. The number of aliphatic hydroxyl groups is 2. The molecule has 0 saturated carbocycles. The summed E-state index contributed by atoms with van der Waals surface area (Å²) in [5.41, 5.74) is 4.00. The van der Waals surface area contributed by atoms with Crippen LogP contribution in [0.5, 0.6) is 0 Å². The molecule has 0 spiro atoms. The third kappa shape index (κ3) is 11.7. The number of rotatable bonds is 16. The lowest BCUT2D eigenvalue weighted by Gasteiger charge is -2.27. The number of aliphatic hydroxyl groups excluding tert-OH is 2. The zero-order chi connectivity index (χ0) is 17.4. The van der Waals surface area contributed by atoms with Gasteiger partial charge in [-0.05, 0) is 12.8 Å². The summed E-state index contributed by atoms with van der Waals surface area (Å²) >= 11 is 0. The Morgan fingerprint density at radius 3 is 1.87 bits per heavy atom. The third-order valence-electron chi connectivity index (χ3n) is 4.42. The first-order valence-corrected chi connectivity index (χ1v) is 9.41. The molecule has 0 saturated heterocycles. The van der Waals surface area contributed by atoms with Crippen LogP contribution in [-0.2, 0) is 0 Å². The number of halogens is 1. The van der Waals surface area contributed by atoms with Crippen LogP contribution in [0.1, 0.15) is 84.0 Å². The Balaban J connectivity index is 3.44. The second kappa shape index (κ2) is 15.1. The van der Waals surface area contributed by atoms with E-state index in [1.807, 2.05) is 6.08 Å². The number of alkyl halides is 1. The molecule has 4 heteroatoms. The van der Waals surface area contributed by atoms with Crippen LogP contribution in [0.15, 0.2) is 12.2 Å². The van der Waals surface area contributed by atoms with Gasteiger partial charge in [0.2, 0.25) is 0 Å². The highest BCUT2D eigenvalue weighted by atomic mass is 19.1. The molecule has 0 bridgehead atoms. The maximum atomic E-state index is 12.7. The summed E-state index contributed by atoms with van der Waals surface area (Å²) < 4.78 is 12.7. The molecule has 0 aliphatic rings. The Morgan fingerprint density at radius 2 is 1.43 bits per heavy atom. The normalized spacial score (nSPS) is 15.9. The van der Waals surface area contributed by atoms with Crippen LogP contribution in [0.25, 0.3) is 0 Å². The van der Waals surface area contributed by atoms with Crippen molar-refractivity contribution in [3.63, 3.8) is 0 Å². The third-order valence-corrected chi connectivity index (χ3v) is 4.42. The van der Waals surface area contributed by atoms with Gasteiger partial charge in [-0.25, -0.2) is 4.39 Å². The average Bonchev–Trinajstić information content (AvgIpc) is 2.58. The summed E-state index contributed by atoms with van der Waals surface area (Å²) in [4.78, 5) is 0. The van der Waals surface area contributed by atoms with Crippen LogP contribution < -0.4 is 5.73 Å². The van der Waals surface area contributed by atoms with E-state index in [9.17, 15) is 9.50 Å². The van der Waals surface area contributed by atoms with Crippen LogP contribution in [-0.4, -0.2) is 35.1 Å². The van der Waals surface area contributed by atoms with Crippen molar-refractivity contribution in [3.8, 4) is 0 Å². The van der Waals surface area contributed by atoms with Crippen LogP contribution in [0.3, 0.4) is 0 Å². The monoisotopic (exact) mass is 331 g/mol. The molecule has 0 aliphatic carbocycles. The molecule has 0 aromatic carbocycles. The molecule has 3 nitrogen and oxygen atoms in total. The Morgan fingerprint density at radius 1 is 0.957 bits per heavy atom. The number of unbranched alkanes of at least 4 members (excludes halogenated alkanes) is 11. The van der Waals surface area contributed by atoms with E-state index in [-0.39, 0.29) is 0 Å². The van der Waals surface area contributed by atoms with Gasteiger partial charge in [-0.2, -0.15) is 0 Å². The molecule has 0 aliphatic heterocycles. The molecule has 0 heterocycles. The van der Waals surface area contributed by atoms with Crippen molar-refractivity contribution in [1.29, 1.82) is 0 Å². The van der Waals surface area contributed by atoms with Gasteiger partial charge in [0.05, 0.1) is 18.2 Å². The predicted octanol–water partition coefficient (Wildman–Crippen LogP) is 4.26. The number of hydrogen-bond donors (Lipinski definition) is 3. The molecule has 138 valence electrons. The fourth-order valence-corrected chi connectivity index (χ4v) is 2.56. The first-order chi connectivity index (χ1) is 11.1. The molecular formula is C19H38FNO2. The minimum Gasteiger partial charge on any atom is -0.394 e. The lowest BCUT2D eigenvalue weighted by Crippen LogP contribution is -2.55. The summed E-state index contributed by atoms with van der Waals surface area (Å²) in [6.07, 6.45) is 17.4. The van der Waals surface area contributed by atoms with Crippen LogP contribution in [0.2, 0.25) is 0 Å². The summed E-state index contributed by atoms with van der Waals surface area (Å²) in [7, 11) is 0. The van der Waals surface area contributed by atoms with Crippen LogP contribution in [0, 0.1) is 0 Å². The second-order valence-electron chi connectivity index (χ2n) is 6.72. The predicted molar refractivity (Wildman–Crippen MR) is 96.2 cm³/mol. The zero-order valence-electron chi connectivity index (χ0n) is 15.0. The molecule has 2 atom stereocenters. The zero-order valence-corrected chi connectivity index (χ0v) is 15.0. The molecule has 0 aromatic rings. The highest BCUT2D eigenvalue weighted by molar-refractivity contribution is 5.03. The standard InChI is InChI=1S/C19H38FNO2/c1-2-3-4-5-6-7-8-9-10-11-12-13-14-15-18(23)19(21,16-20)17-22/h14-15,18,22-23H,2-13,16-17,21H2,1H3. The smallest absolute Gasteiger partial charge is 0.112 e. The van der Waals surface area contributed by atoms with E-state index in [1.54, 1.807) is 0 Å². The van der Waals surface area contributed by atoms with Crippen molar-refractivity contribution < 1.29 is 14.6 Å². The molecule has 0 fully saturated rings. The average molecular weight is 332 g/mol. The fourth-order valence-electron chi connectivity index (χ4n) is 2.56. The van der Waals surface area contributed by atoms with E-state index >= 15 is 0 Å². The van der Waals surface area contributed by atoms with Crippen molar-refractivity contribution in [3.05, 3.63) is 12.2 Å². The minimum absolute atomic E-state index is 0.562. The van der Waals surface area contributed by atoms with Crippen molar-refractivity contribution in [2.75, 3.05) is 13.3 Å². The Hall–Kier alpha value is -0.450. The van der Waals surface area contributed by atoms with Gasteiger partial charge in [0, 0.05) is 0 Å². The van der Waals surface area contributed by atoms with Crippen LogP contribution >= 0.6 is 0 Å². The molecule has 0 rings (SSSR count). The summed E-state index contributed by atoms with van der Waals surface area (Å²) in [5, 5.41) is 18.7. The Kier molecular flexibility index (Phi) is 14.8. The van der Waals surface area contributed by atoms with E-state index in [4.69, 9.17) is 10.8 Å². The van der Waals surface area contributed by atoms with Crippen molar-refractivity contribution >= 4 is 0 Å². The maximum Gasteiger partial charge on any atom is 0.112 e. The topological polar surface area (TPSA) is 66.5 Å². The van der Waals surface area contributed by atoms with E-state index in [0.29, 0.717) is 0 Å². The van der Waals surface area contributed by atoms with E-state index in [0.717, 1.165) is 12.8 Å². The van der Waals surface area contributed by atoms with Gasteiger partial charge in [0.15, 0.2) is 0 Å². The van der Waals surface area contributed by atoms with Gasteiger partial charge in [0.1, 0.15) is 6.67 Å². The summed E-state index contributed by atoms with van der Waals surface area (Å²) in [6.45, 7) is 0.747. The quantitative estimate of drug-likeness (QED) is 0.292. The van der Waals surface area contributed by atoms with E-state index in [1.165, 1.54) is 70.3 Å². The molecule has 2 unspecified atom stereocenters. The lowest BCUT2D eigenvalue weighted by atomic mass is 9.95. The minimum atomic E-state index is -1.56. The molecule has 23 heavy (non-hydrogen) atoms. The second-order valence-corrected chi connectivity index (χ2v) is 6.72. The van der Waals surface area contributed by atoms with E-state index in [2.05, 4.69) is 6.92 Å². The number of hydrogen-bond acceptors (Lipinski definition) is 3. The van der Waals surface area contributed by atoms with Crippen molar-refractivity contribution in [2.24, 2.45) is 5.73 Å². The fraction of sp³-hybridized carbons (Fsp3) is 0.895. The molecule has 0 amide bonds. The first-order valence-electron chi connectivity index (χ1n) is 9.41.